The van der Waals surface area contributed by atoms with Gasteiger partial charge in [-0.2, -0.15) is 9.59 Å². The van der Waals surface area contributed by atoms with Crippen molar-refractivity contribution in [1.29, 1.82) is 0 Å². The second-order valence-corrected chi connectivity index (χ2v) is 35.6. The van der Waals surface area contributed by atoms with E-state index >= 15 is 0 Å². The first kappa shape index (κ1) is 80.6. The van der Waals surface area contributed by atoms with Gasteiger partial charge in [-0.25, -0.2) is 4.98 Å². The van der Waals surface area contributed by atoms with Gasteiger partial charge in [0.1, 0.15) is 17.7 Å². The van der Waals surface area contributed by atoms with Gasteiger partial charge in [0.2, 0.25) is 0 Å². The fourth-order valence-electron chi connectivity index (χ4n) is 17.0. The molecule has 3 aliphatic carbocycles. The van der Waals surface area contributed by atoms with Crippen LogP contribution >= 0.6 is 57.2 Å². The maximum Gasteiger partial charge on any atom is 0.373 e. The summed E-state index contributed by atoms with van der Waals surface area (Å²) >= 11 is 18.0. The second-order valence-electron chi connectivity index (χ2n) is 30.8. The summed E-state index contributed by atoms with van der Waals surface area (Å²) in [5.41, 5.74) is 24.4. The predicted molar refractivity (Wildman–Crippen MR) is 463 cm³/mol. The number of fused-ring (bicyclic) bond motifs is 11. The van der Waals surface area contributed by atoms with Crippen LogP contribution in [0.4, 0.5) is 5.82 Å². The number of anilines is 1. The normalized spacial score (nSPS) is 17.0. The number of carbonyl (C=O) groups excluding carboxylic acids is 3. The standard InChI is InChI=1S/C21H22ClN.C20H21NOS.C20H22OS.C18H21N3.C16H18ClNS.CO2/c1-14-11-17-8-7-16-12-18(22)9-10-19(16)20(21(17)23-13-14)15-5-3-2-4-6-15;1-13-11-17-19(14-7-9-21(2)10-8-14)16-6-4-3-5-15(16)12-18(22)20(17)23-13;1-3-4-11-19(20-14-13-15(2)22-20)21-18-12-7-9-16-8-5-6-10-17(16)18;1-13-9-15-10-14-5-3-4-6-16(14)17-12-20(2)7-8-21(17)18(15)19-11-13;1-11-9-13-10-18(8-7-16(13)19-11)12(2)14-5-3-4-6-15(14)17;2-1-3/h9-13H,2-8H2,1H3;3-6,11H,7-10,12H2,1-2H3;5-10,12-14,19H,3-4,11H2,1-2H3;3-6,9,11,17H,7-8,10,12H2,1-2H3;3-6,9,12H,7-8,10H2,1-2H3;/t;;19-;;12-;/m..0.1./s1. The van der Waals surface area contributed by atoms with Gasteiger partial charge in [-0.05, 0) is 253 Å². The molecule has 18 rings (SSSR count). The lowest BCUT2D eigenvalue weighted by Gasteiger charge is -2.41. The molecule has 5 aromatic heterocycles. The molecule has 0 spiro atoms. The molecule has 15 heteroatoms. The molecule has 0 radical (unpaired) electrons. The number of piperidine rings is 1. The summed E-state index contributed by atoms with van der Waals surface area (Å²) in [6, 6.07) is 61.1. The lowest BCUT2D eigenvalue weighted by Crippen LogP contribution is -2.47. The number of aromatic nitrogens is 2. The highest BCUT2D eigenvalue weighted by molar-refractivity contribution is 7.14. The van der Waals surface area contributed by atoms with Crippen molar-refractivity contribution in [1.82, 2.24) is 24.7 Å². The van der Waals surface area contributed by atoms with E-state index in [1.165, 1.54) is 182 Å². The summed E-state index contributed by atoms with van der Waals surface area (Å²) in [5.74, 6) is 2.45. The number of rotatable bonds is 8. The quantitative estimate of drug-likeness (QED) is 0.146. The molecule has 0 N–H and O–H groups in total. The smallest absolute Gasteiger partial charge is 0.373 e. The Kier molecular flexibility index (Phi) is 27.5. The number of nitrogens with zero attached hydrogens (tertiary/aromatic N) is 6. The third kappa shape index (κ3) is 19.6. The minimum absolute atomic E-state index is 0.157. The number of ether oxygens (including phenoxy) is 1. The highest BCUT2D eigenvalue weighted by Crippen LogP contribution is 2.45. The largest absolute Gasteiger partial charge is 0.484 e. The number of carbonyl (C=O) groups is 1. The van der Waals surface area contributed by atoms with Crippen molar-refractivity contribution in [2.45, 2.75) is 170 Å². The maximum absolute atomic E-state index is 12.7. The Labute approximate surface area is 679 Å². The zero-order valence-electron chi connectivity index (χ0n) is 65.9. The average Bonchev–Trinajstić information content (AvgIpc) is 1.62. The van der Waals surface area contributed by atoms with E-state index in [1.807, 2.05) is 59.3 Å². The maximum atomic E-state index is 12.7. The van der Waals surface area contributed by atoms with Crippen LogP contribution in [0.5, 0.6) is 5.75 Å². The van der Waals surface area contributed by atoms with E-state index in [4.69, 9.17) is 47.5 Å². The minimum atomic E-state index is 0.157. The van der Waals surface area contributed by atoms with Gasteiger partial charge >= 0.3 is 6.15 Å². The summed E-state index contributed by atoms with van der Waals surface area (Å²) < 4.78 is 6.44. The number of hydrogen-bond donors (Lipinski definition) is 0. The van der Waals surface area contributed by atoms with Crippen molar-refractivity contribution in [3.63, 3.8) is 0 Å². The fourth-order valence-corrected chi connectivity index (χ4v) is 20.5. The number of allylic oxidation sites excluding steroid dienone is 1. The number of benzene rings is 6. The molecule has 1 saturated carbocycles. The number of likely N-dealkylation sites (tertiary alicyclic amines) is 1. The Hall–Kier alpha value is -8.43. The van der Waals surface area contributed by atoms with Gasteiger partial charge in [-0.1, -0.05) is 175 Å². The molecule has 0 amide bonds. The van der Waals surface area contributed by atoms with Crippen molar-refractivity contribution >= 4 is 96.9 Å². The molecular formula is C96H104Cl2N6O4S3. The molecule has 11 aromatic rings. The Morgan fingerprint density at radius 1 is 0.568 bits per heavy atom. The minimum Gasteiger partial charge on any atom is -0.484 e. The van der Waals surface area contributed by atoms with Crippen LogP contribution in [0, 0.1) is 34.6 Å². The third-order valence-corrected chi connectivity index (χ3v) is 26.6. The van der Waals surface area contributed by atoms with Crippen LogP contribution in [0.25, 0.3) is 21.9 Å². The van der Waals surface area contributed by atoms with Gasteiger partial charge in [-0.15, -0.1) is 34.0 Å². The number of aryl methyl sites for hydroxylation is 7. The first-order valence-electron chi connectivity index (χ1n) is 39.8. The lowest BCUT2D eigenvalue weighted by molar-refractivity contribution is -0.191. The first-order valence-corrected chi connectivity index (χ1v) is 43.0. The van der Waals surface area contributed by atoms with Crippen molar-refractivity contribution < 1.29 is 19.1 Å². The third-order valence-electron chi connectivity index (χ3n) is 22.7. The molecule has 9 heterocycles. The van der Waals surface area contributed by atoms with Crippen LogP contribution in [-0.2, 0) is 48.2 Å². The number of pyridine rings is 2. The second kappa shape index (κ2) is 37.9. The molecule has 0 bridgehead atoms. The summed E-state index contributed by atoms with van der Waals surface area (Å²) in [7, 11) is 4.40. The van der Waals surface area contributed by atoms with Crippen LogP contribution < -0.4 is 9.64 Å². The Morgan fingerprint density at radius 2 is 1.25 bits per heavy atom. The zero-order chi connectivity index (χ0) is 77.7. The number of halogens is 2. The summed E-state index contributed by atoms with van der Waals surface area (Å²) in [6.45, 7) is 22.8. The Balaban J connectivity index is 0.000000121. The SMILES string of the molecule is CCCC[C@H](Oc1cccc2ccccc12)c1ccc(C)s1.Cc1cc2c(s1)C(=O)Cc1ccccc1C2=C1CCN(C)CC1.Cc1cc2c(s1)CCN([C@H](C)c1ccccc1Cl)C2.Cc1cnc2c(c1)CCc1cc(Cl)ccc1C2=C1CCCCC1.Cc1cnc2c(c1)Cc1ccccc1C1CN(C)CCN21.O=C=O. The highest BCUT2D eigenvalue weighted by Gasteiger charge is 2.34. The molecule has 574 valence electrons. The summed E-state index contributed by atoms with van der Waals surface area (Å²) in [5, 5.41) is 4.14. The van der Waals surface area contributed by atoms with E-state index in [2.05, 4.69) is 228 Å². The monoisotopic (exact) mass is 1570 g/mol. The number of hydrogen-bond acceptors (Lipinski definition) is 13. The van der Waals surface area contributed by atoms with Gasteiger partial charge in [0.15, 0.2) is 5.78 Å². The number of unbranched alkanes of at least 4 members (excludes halogenated alkanes) is 1. The molecule has 7 aliphatic rings. The van der Waals surface area contributed by atoms with Gasteiger partial charge in [-0.3, -0.25) is 14.7 Å². The van der Waals surface area contributed by atoms with Gasteiger partial charge in [0, 0.05) is 128 Å². The molecule has 111 heavy (non-hydrogen) atoms. The number of likely N-dealkylation sites (N-methyl/N-ethyl adjacent to an activating group) is 1. The van der Waals surface area contributed by atoms with E-state index in [1.54, 1.807) is 21.8 Å². The molecule has 1 unspecified atom stereocenters. The van der Waals surface area contributed by atoms with Crippen molar-refractivity contribution in [2.24, 2.45) is 0 Å². The van der Waals surface area contributed by atoms with Crippen LogP contribution in [0.2, 0.25) is 10.0 Å². The van der Waals surface area contributed by atoms with Crippen LogP contribution in [0.3, 0.4) is 0 Å². The highest BCUT2D eigenvalue weighted by atomic mass is 35.5. The Morgan fingerprint density at radius 3 is 2.03 bits per heavy atom. The van der Waals surface area contributed by atoms with Gasteiger partial charge in [0.25, 0.3) is 0 Å². The number of thiophene rings is 3. The van der Waals surface area contributed by atoms with Crippen molar-refractivity contribution in [2.75, 3.05) is 58.3 Å². The van der Waals surface area contributed by atoms with E-state index in [0.717, 1.165) is 105 Å². The van der Waals surface area contributed by atoms with Gasteiger partial charge < -0.3 is 19.4 Å². The van der Waals surface area contributed by atoms with E-state index in [0.29, 0.717) is 18.5 Å². The molecule has 2 saturated heterocycles. The van der Waals surface area contributed by atoms with Crippen LogP contribution in [-0.4, -0.2) is 90.0 Å². The Bertz CT molecular complexity index is 5120. The van der Waals surface area contributed by atoms with Crippen LogP contribution in [0.1, 0.15) is 208 Å². The number of piperazine rings is 1. The lowest BCUT2D eigenvalue weighted by atomic mass is 9.85. The molecule has 6 aromatic carbocycles. The summed E-state index contributed by atoms with van der Waals surface area (Å²) in [4.78, 5) is 56.4. The number of Topliss-reactive ketones (excluding diaryl/α,β-unsaturated/α-hetero) is 1. The van der Waals surface area contributed by atoms with Crippen LogP contribution in [0.15, 0.2) is 193 Å². The molecular weight excluding hydrogens is 1470 g/mol. The number of ketones is 1. The van der Waals surface area contributed by atoms with Crippen molar-refractivity contribution in [3.8, 4) is 5.75 Å². The predicted octanol–water partition coefficient (Wildman–Crippen LogP) is 23.8. The zero-order valence-corrected chi connectivity index (χ0v) is 69.9. The van der Waals surface area contributed by atoms with E-state index < -0.39 is 0 Å². The van der Waals surface area contributed by atoms with E-state index in [9.17, 15) is 4.79 Å². The average molecular weight is 1570 g/mol. The molecule has 3 atom stereocenters. The summed E-state index contributed by atoms with van der Waals surface area (Å²) in [6.07, 6.45) is 21.3. The molecule has 10 nitrogen and oxygen atoms in total. The van der Waals surface area contributed by atoms with Crippen molar-refractivity contribution in [3.05, 3.63) is 311 Å². The van der Waals surface area contributed by atoms with Gasteiger partial charge in [0.05, 0.1) is 16.6 Å². The topological polar surface area (TPSA) is 99.2 Å². The molecule has 3 fully saturated rings. The first-order chi connectivity index (χ1) is 53.9. The fraction of sp³-hybridized carbons (Fsp3) is 0.354. The molecule has 4 aliphatic heterocycles. The van der Waals surface area contributed by atoms with E-state index in [-0.39, 0.29) is 18.0 Å².